The molecule has 0 bridgehead atoms. The first kappa shape index (κ1) is 25.9. The molecule has 0 fully saturated rings. The van der Waals surface area contributed by atoms with Gasteiger partial charge in [0.25, 0.3) is 0 Å². The average molecular weight is 387 g/mol. The first-order valence-corrected chi connectivity index (χ1v) is 11.2. The van der Waals surface area contributed by atoms with Crippen molar-refractivity contribution in [3.8, 4) is 0 Å². The van der Waals surface area contributed by atoms with Crippen LogP contribution in [0.15, 0.2) is 0 Å². The van der Waals surface area contributed by atoms with E-state index >= 15 is 0 Å². The monoisotopic (exact) mass is 386 g/mol. The highest BCUT2D eigenvalue weighted by atomic mass is 17.2. The molecular weight excluding hydrogens is 344 g/mol. The molecule has 27 heavy (non-hydrogen) atoms. The van der Waals surface area contributed by atoms with Crippen LogP contribution in [0.25, 0.3) is 0 Å². The summed E-state index contributed by atoms with van der Waals surface area (Å²) in [7, 11) is 0. The Morgan fingerprint density at radius 3 is 1.44 bits per heavy atom. The largest absolute Gasteiger partial charge is 0.481 e. The normalized spacial score (nSPS) is 10.9. The van der Waals surface area contributed by atoms with Gasteiger partial charge in [-0.1, -0.05) is 103 Å². The summed E-state index contributed by atoms with van der Waals surface area (Å²) in [6.07, 6.45) is 20.6. The maximum Gasteiger partial charge on any atom is 0.342 e. The maximum absolute atomic E-state index is 11.1. The van der Waals surface area contributed by atoms with Gasteiger partial charge in [-0.15, -0.1) is 0 Å². The van der Waals surface area contributed by atoms with E-state index in [1.165, 1.54) is 89.9 Å². The zero-order chi connectivity index (χ0) is 20.0. The highest BCUT2D eigenvalue weighted by molar-refractivity contribution is 5.76. The third-order valence-corrected chi connectivity index (χ3v) is 4.78. The van der Waals surface area contributed by atoms with Crippen molar-refractivity contribution in [1.82, 2.24) is 0 Å². The molecule has 5 heteroatoms. The van der Waals surface area contributed by atoms with Gasteiger partial charge >= 0.3 is 11.9 Å². The molecule has 0 saturated heterocycles. The van der Waals surface area contributed by atoms with Crippen molar-refractivity contribution in [2.75, 3.05) is 6.61 Å². The summed E-state index contributed by atoms with van der Waals surface area (Å²) in [5, 5.41) is 8.44. The van der Waals surface area contributed by atoms with Crippen LogP contribution >= 0.6 is 0 Å². The molecule has 0 spiro atoms. The van der Waals surface area contributed by atoms with Gasteiger partial charge in [-0.25, -0.2) is 4.79 Å². The Morgan fingerprint density at radius 2 is 1.04 bits per heavy atom. The van der Waals surface area contributed by atoms with E-state index in [1.807, 2.05) is 0 Å². The lowest BCUT2D eigenvalue weighted by Gasteiger charge is -2.04. The minimum absolute atomic E-state index is 0.145. The Hall–Kier alpha value is -1.10. The summed E-state index contributed by atoms with van der Waals surface area (Å²) in [6.45, 7) is 2.65. The van der Waals surface area contributed by atoms with Crippen LogP contribution in [0, 0.1) is 0 Å². The molecule has 0 aliphatic rings. The van der Waals surface area contributed by atoms with Crippen molar-refractivity contribution < 1.29 is 24.5 Å². The number of rotatable bonds is 21. The van der Waals surface area contributed by atoms with E-state index in [-0.39, 0.29) is 12.8 Å². The fraction of sp³-hybridized carbons (Fsp3) is 0.909. The summed E-state index contributed by atoms with van der Waals surface area (Å²) in [5.74, 6) is -1.63. The highest BCUT2D eigenvalue weighted by Gasteiger charge is 2.07. The average Bonchev–Trinajstić information content (AvgIpc) is 2.65. The van der Waals surface area contributed by atoms with Gasteiger partial charge in [0.2, 0.25) is 0 Å². The molecule has 0 aliphatic heterocycles. The Labute approximate surface area is 166 Å². The van der Waals surface area contributed by atoms with Crippen LogP contribution < -0.4 is 0 Å². The molecule has 0 aromatic carbocycles. The summed E-state index contributed by atoms with van der Waals surface area (Å²) in [5.41, 5.74) is 0. The van der Waals surface area contributed by atoms with Crippen molar-refractivity contribution in [2.45, 2.75) is 122 Å². The second-order valence-electron chi connectivity index (χ2n) is 7.47. The van der Waals surface area contributed by atoms with E-state index in [0.29, 0.717) is 6.61 Å². The predicted octanol–water partition coefficient (Wildman–Crippen LogP) is 6.59. The van der Waals surface area contributed by atoms with E-state index in [1.54, 1.807) is 0 Å². The molecule has 160 valence electrons. The van der Waals surface area contributed by atoms with E-state index < -0.39 is 11.9 Å². The second kappa shape index (κ2) is 21.2. The second-order valence-corrected chi connectivity index (χ2v) is 7.47. The molecule has 0 aromatic rings. The van der Waals surface area contributed by atoms with Gasteiger partial charge in [-0.3, -0.25) is 9.68 Å². The molecule has 1 N–H and O–H groups in total. The van der Waals surface area contributed by atoms with Gasteiger partial charge in [0.15, 0.2) is 0 Å². The van der Waals surface area contributed by atoms with Crippen molar-refractivity contribution in [3.63, 3.8) is 0 Å². The fourth-order valence-electron chi connectivity index (χ4n) is 3.07. The van der Waals surface area contributed by atoms with E-state index in [2.05, 4.69) is 11.8 Å². The summed E-state index contributed by atoms with van der Waals surface area (Å²) in [6, 6.07) is 0. The lowest BCUT2D eigenvalue weighted by Crippen LogP contribution is -2.08. The van der Waals surface area contributed by atoms with Gasteiger partial charge in [-0.2, -0.15) is 4.89 Å². The molecular formula is C22H42O5. The Balaban J connectivity index is 3.09. The Kier molecular flexibility index (Phi) is 20.3. The lowest BCUT2D eigenvalue weighted by molar-refractivity contribution is -0.272. The molecule has 0 unspecified atom stereocenters. The number of carboxylic acid groups (broad SMARTS) is 1. The third kappa shape index (κ3) is 22.9. The van der Waals surface area contributed by atoms with Crippen LogP contribution in [0.5, 0.6) is 0 Å². The maximum atomic E-state index is 11.1. The molecule has 0 aromatic heterocycles. The zero-order valence-electron chi connectivity index (χ0n) is 17.5. The smallest absolute Gasteiger partial charge is 0.342 e. The van der Waals surface area contributed by atoms with Crippen molar-refractivity contribution in [2.24, 2.45) is 0 Å². The van der Waals surface area contributed by atoms with Crippen molar-refractivity contribution in [3.05, 3.63) is 0 Å². The number of hydrogen-bond acceptors (Lipinski definition) is 4. The highest BCUT2D eigenvalue weighted by Crippen LogP contribution is 2.13. The number of carbonyl (C=O) groups is 2. The molecule has 0 heterocycles. The van der Waals surface area contributed by atoms with Crippen LogP contribution in [0.4, 0.5) is 0 Å². The molecule has 0 rings (SSSR count). The van der Waals surface area contributed by atoms with Gasteiger partial charge < -0.3 is 5.11 Å². The van der Waals surface area contributed by atoms with Crippen LogP contribution in [-0.4, -0.2) is 23.7 Å². The van der Waals surface area contributed by atoms with Crippen molar-refractivity contribution >= 4 is 11.9 Å². The van der Waals surface area contributed by atoms with E-state index in [0.717, 1.165) is 12.8 Å². The first-order chi connectivity index (χ1) is 13.2. The summed E-state index contributed by atoms with van der Waals surface area (Å²) >= 11 is 0. The number of unbranched alkanes of at least 4 members (excludes halogenated alkanes) is 15. The van der Waals surface area contributed by atoms with Crippen LogP contribution in [0.1, 0.15) is 122 Å². The number of carbonyl (C=O) groups excluding carboxylic acids is 1. The number of hydrogen-bond donors (Lipinski definition) is 1. The molecule has 0 saturated carbocycles. The standard InChI is InChI=1S/C22H42O5/c1-2-3-4-5-6-7-8-9-10-11-12-13-14-15-16-17-20-26-27-22(25)19-18-21(23)24/h2-20H2,1H3,(H,23,24). The van der Waals surface area contributed by atoms with Gasteiger partial charge in [0.1, 0.15) is 0 Å². The third-order valence-electron chi connectivity index (χ3n) is 4.78. The molecule has 0 aliphatic carbocycles. The summed E-state index contributed by atoms with van der Waals surface area (Å²) < 4.78 is 0. The Morgan fingerprint density at radius 1 is 0.630 bits per heavy atom. The van der Waals surface area contributed by atoms with E-state index in [9.17, 15) is 9.59 Å². The number of carboxylic acids is 1. The lowest BCUT2D eigenvalue weighted by atomic mass is 10.0. The fourth-order valence-corrected chi connectivity index (χ4v) is 3.07. The minimum atomic E-state index is -1.01. The molecule has 0 amide bonds. The zero-order valence-corrected chi connectivity index (χ0v) is 17.5. The molecule has 5 nitrogen and oxygen atoms in total. The first-order valence-electron chi connectivity index (χ1n) is 11.2. The molecule has 0 atom stereocenters. The van der Waals surface area contributed by atoms with Crippen molar-refractivity contribution in [1.29, 1.82) is 0 Å². The predicted molar refractivity (Wildman–Crippen MR) is 108 cm³/mol. The van der Waals surface area contributed by atoms with Gasteiger partial charge in [0, 0.05) is 0 Å². The molecule has 0 radical (unpaired) electrons. The summed E-state index contributed by atoms with van der Waals surface area (Å²) in [4.78, 5) is 30.7. The van der Waals surface area contributed by atoms with Crippen LogP contribution in [-0.2, 0) is 19.4 Å². The Bertz CT molecular complexity index is 344. The SMILES string of the molecule is CCCCCCCCCCCCCCCCCCOOC(=O)CCC(=O)O. The van der Waals surface area contributed by atoms with E-state index in [4.69, 9.17) is 9.99 Å². The van der Waals surface area contributed by atoms with Gasteiger partial charge in [0.05, 0.1) is 19.4 Å². The quantitative estimate of drug-likeness (QED) is 0.137. The minimum Gasteiger partial charge on any atom is -0.481 e. The topological polar surface area (TPSA) is 72.8 Å². The van der Waals surface area contributed by atoms with Gasteiger partial charge in [-0.05, 0) is 6.42 Å². The number of aliphatic carboxylic acids is 1. The van der Waals surface area contributed by atoms with Crippen LogP contribution in [0.3, 0.4) is 0 Å². The van der Waals surface area contributed by atoms with Crippen LogP contribution in [0.2, 0.25) is 0 Å².